The summed E-state index contributed by atoms with van der Waals surface area (Å²) in [7, 11) is 3.21. The van der Waals surface area contributed by atoms with Crippen LogP contribution in [0.1, 0.15) is 0 Å². The average molecular weight is 211 g/mol. The van der Waals surface area contributed by atoms with Gasteiger partial charge < -0.3 is 18.9 Å². The van der Waals surface area contributed by atoms with E-state index in [4.69, 9.17) is 18.9 Å². The van der Waals surface area contributed by atoms with E-state index in [1.165, 1.54) is 0 Å². The lowest BCUT2D eigenvalue weighted by molar-refractivity contribution is -0.00956. The molecule has 0 N–H and O–H groups in total. The molecule has 0 aliphatic rings. The smallest absolute Gasteiger partial charge is 0.189 e. The van der Waals surface area contributed by atoms with Gasteiger partial charge in [0, 0.05) is 13.2 Å². The summed E-state index contributed by atoms with van der Waals surface area (Å²) in [6, 6.07) is 8.31. The molecule has 0 aliphatic heterocycles. The fourth-order valence-electron chi connectivity index (χ4n) is 0.981. The molecule has 0 spiro atoms. The molecule has 15 heavy (non-hydrogen) atoms. The highest BCUT2D eigenvalue weighted by molar-refractivity contribution is 5.38. The minimum atomic E-state index is 0.167. The lowest BCUT2D eigenvalue weighted by Crippen LogP contribution is -2.08. The summed E-state index contributed by atoms with van der Waals surface area (Å²) in [5.74, 6) is 1.20. The van der Waals surface area contributed by atoms with Crippen molar-refractivity contribution in [2.45, 2.75) is 0 Å². The third kappa shape index (κ3) is 4.18. The standard InChI is InChI=1S/C11H15O4/c1-12-7-8-14-9-15-11-6-4-3-5-10(11)13-2/h3-5H,7-9H2,1-2H3. The molecule has 83 valence electrons. The molecule has 0 heterocycles. The zero-order valence-electron chi connectivity index (χ0n) is 8.99. The molecule has 0 saturated heterocycles. The summed E-state index contributed by atoms with van der Waals surface area (Å²) in [5.41, 5.74) is 0. The molecule has 0 amide bonds. The molecule has 0 aliphatic carbocycles. The van der Waals surface area contributed by atoms with Crippen LogP contribution < -0.4 is 9.47 Å². The molecule has 4 heteroatoms. The summed E-state index contributed by atoms with van der Waals surface area (Å²) in [4.78, 5) is 0. The second-order valence-corrected chi connectivity index (χ2v) is 2.73. The van der Waals surface area contributed by atoms with E-state index in [-0.39, 0.29) is 6.79 Å². The van der Waals surface area contributed by atoms with Crippen molar-refractivity contribution in [1.29, 1.82) is 0 Å². The van der Waals surface area contributed by atoms with Crippen molar-refractivity contribution in [3.8, 4) is 11.5 Å². The average Bonchev–Trinajstić information content (AvgIpc) is 2.29. The summed E-state index contributed by atoms with van der Waals surface area (Å²) in [5, 5.41) is 0. The first-order valence-corrected chi connectivity index (χ1v) is 4.62. The van der Waals surface area contributed by atoms with E-state index in [9.17, 15) is 0 Å². The lowest BCUT2D eigenvalue weighted by Gasteiger charge is -2.09. The number of hydrogen-bond donors (Lipinski definition) is 0. The maximum atomic E-state index is 5.32. The molecule has 0 unspecified atom stereocenters. The molecule has 1 aromatic carbocycles. The Balaban J connectivity index is 2.30. The predicted molar refractivity (Wildman–Crippen MR) is 55.2 cm³/mol. The molecule has 1 aromatic rings. The summed E-state index contributed by atoms with van der Waals surface area (Å²) >= 11 is 0. The van der Waals surface area contributed by atoms with Gasteiger partial charge in [0.15, 0.2) is 18.3 Å². The summed E-state index contributed by atoms with van der Waals surface area (Å²) in [6.45, 7) is 1.23. The largest absolute Gasteiger partial charge is 0.493 e. The van der Waals surface area contributed by atoms with Crippen molar-refractivity contribution >= 4 is 0 Å². The van der Waals surface area contributed by atoms with Crippen LogP contribution in [-0.2, 0) is 9.47 Å². The highest BCUT2D eigenvalue weighted by Gasteiger charge is 2.01. The van der Waals surface area contributed by atoms with Gasteiger partial charge in [0.1, 0.15) is 0 Å². The van der Waals surface area contributed by atoms with Crippen LogP contribution in [0, 0.1) is 6.07 Å². The zero-order valence-corrected chi connectivity index (χ0v) is 8.99. The molecule has 0 bridgehead atoms. The van der Waals surface area contributed by atoms with E-state index in [1.54, 1.807) is 26.4 Å². The predicted octanol–water partition coefficient (Wildman–Crippen LogP) is 1.49. The Morgan fingerprint density at radius 1 is 1.27 bits per heavy atom. The SMILES string of the molecule is COCCOCOc1[c]cccc1OC. The maximum Gasteiger partial charge on any atom is 0.189 e. The summed E-state index contributed by atoms with van der Waals surface area (Å²) in [6.07, 6.45) is 0. The Kier molecular flexibility index (Phi) is 5.58. The topological polar surface area (TPSA) is 36.9 Å². The number of benzene rings is 1. The van der Waals surface area contributed by atoms with Gasteiger partial charge in [0.25, 0.3) is 0 Å². The lowest BCUT2D eigenvalue weighted by atomic mass is 10.3. The Morgan fingerprint density at radius 3 is 2.87 bits per heavy atom. The van der Waals surface area contributed by atoms with Gasteiger partial charge in [-0.2, -0.15) is 0 Å². The van der Waals surface area contributed by atoms with E-state index in [2.05, 4.69) is 6.07 Å². The molecular formula is C11H15O4. The number of hydrogen-bond acceptors (Lipinski definition) is 4. The van der Waals surface area contributed by atoms with Crippen molar-refractivity contribution in [3.63, 3.8) is 0 Å². The van der Waals surface area contributed by atoms with Crippen molar-refractivity contribution in [2.24, 2.45) is 0 Å². The van der Waals surface area contributed by atoms with Gasteiger partial charge in [0.2, 0.25) is 0 Å². The van der Waals surface area contributed by atoms with Crippen molar-refractivity contribution in [3.05, 3.63) is 24.3 Å². The Labute approximate surface area is 89.7 Å². The van der Waals surface area contributed by atoms with Crippen molar-refractivity contribution in [2.75, 3.05) is 34.2 Å². The molecular weight excluding hydrogens is 196 g/mol. The third-order valence-electron chi connectivity index (χ3n) is 1.72. The second-order valence-electron chi connectivity index (χ2n) is 2.73. The van der Waals surface area contributed by atoms with E-state index in [0.29, 0.717) is 24.7 Å². The van der Waals surface area contributed by atoms with Gasteiger partial charge >= 0.3 is 0 Å². The fraction of sp³-hybridized carbons (Fsp3) is 0.455. The molecule has 0 saturated carbocycles. The quantitative estimate of drug-likeness (QED) is 0.506. The van der Waals surface area contributed by atoms with Crippen LogP contribution in [0.25, 0.3) is 0 Å². The number of para-hydroxylation sites is 1. The third-order valence-corrected chi connectivity index (χ3v) is 1.72. The maximum absolute atomic E-state index is 5.32. The van der Waals surface area contributed by atoms with Gasteiger partial charge in [-0.15, -0.1) is 0 Å². The first-order valence-electron chi connectivity index (χ1n) is 4.62. The molecule has 0 aromatic heterocycles. The normalized spacial score (nSPS) is 10.0. The van der Waals surface area contributed by atoms with Crippen molar-refractivity contribution < 1.29 is 18.9 Å². The van der Waals surface area contributed by atoms with Crippen LogP contribution in [0.5, 0.6) is 11.5 Å². The Bertz CT molecular complexity index is 275. The second kappa shape index (κ2) is 7.09. The van der Waals surface area contributed by atoms with Gasteiger partial charge in [0.05, 0.1) is 20.3 Å². The van der Waals surface area contributed by atoms with Crippen LogP contribution >= 0.6 is 0 Å². The summed E-state index contributed by atoms with van der Waals surface area (Å²) < 4.78 is 20.4. The minimum absolute atomic E-state index is 0.167. The fourth-order valence-corrected chi connectivity index (χ4v) is 0.981. The Morgan fingerprint density at radius 2 is 2.13 bits per heavy atom. The molecule has 0 fully saturated rings. The monoisotopic (exact) mass is 211 g/mol. The van der Waals surface area contributed by atoms with E-state index in [1.807, 2.05) is 6.07 Å². The highest BCUT2D eigenvalue weighted by atomic mass is 16.7. The van der Waals surface area contributed by atoms with Gasteiger partial charge in [-0.05, 0) is 6.07 Å². The molecule has 1 radical (unpaired) electrons. The van der Waals surface area contributed by atoms with E-state index < -0.39 is 0 Å². The highest BCUT2D eigenvalue weighted by Crippen LogP contribution is 2.24. The van der Waals surface area contributed by atoms with Crippen LogP contribution in [0.4, 0.5) is 0 Å². The van der Waals surface area contributed by atoms with E-state index >= 15 is 0 Å². The minimum Gasteiger partial charge on any atom is -0.493 e. The van der Waals surface area contributed by atoms with Crippen LogP contribution in [0.2, 0.25) is 0 Å². The van der Waals surface area contributed by atoms with Crippen LogP contribution in [-0.4, -0.2) is 34.2 Å². The van der Waals surface area contributed by atoms with E-state index in [0.717, 1.165) is 0 Å². The zero-order chi connectivity index (χ0) is 10.9. The number of rotatable bonds is 7. The van der Waals surface area contributed by atoms with Crippen LogP contribution in [0.3, 0.4) is 0 Å². The first-order chi connectivity index (χ1) is 7.38. The van der Waals surface area contributed by atoms with Crippen molar-refractivity contribution in [1.82, 2.24) is 0 Å². The van der Waals surface area contributed by atoms with Gasteiger partial charge in [-0.1, -0.05) is 12.1 Å². The number of methoxy groups -OCH3 is 2. The first kappa shape index (κ1) is 11.8. The molecule has 0 atom stereocenters. The van der Waals surface area contributed by atoms with Crippen LogP contribution in [0.15, 0.2) is 18.2 Å². The Hall–Kier alpha value is -1.26. The number of ether oxygens (including phenoxy) is 4. The molecule has 1 rings (SSSR count). The van der Waals surface area contributed by atoms with Gasteiger partial charge in [-0.3, -0.25) is 0 Å². The van der Waals surface area contributed by atoms with Gasteiger partial charge in [-0.25, -0.2) is 0 Å². The molecule has 4 nitrogen and oxygen atoms in total.